The monoisotopic (exact) mass is 283 g/mol. The van der Waals surface area contributed by atoms with Crippen LogP contribution in [0, 0.1) is 10.8 Å². The van der Waals surface area contributed by atoms with Crippen molar-refractivity contribution in [3.8, 4) is 0 Å². The second-order valence-electron chi connectivity index (χ2n) is 4.96. The summed E-state index contributed by atoms with van der Waals surface area (Å²) >= 11 is 1.56. The van der Waals surface area contributed by atoms with Crippen molar-refractivity contribution in [2.45, 2.75) is 12.8 Å². The van der Waals surface area contributed by atoms with Crippen molar-refractivity contribution in [3.05, 3.63) is 56.8 Å². The highest BCUT2D eigenvalue weighted by molar-refractivity contribution is 7.13. The molecule has 0 spiro atoms. The van der Waals surface area contributed by atoms with Gasteiger partial charge in [-0.25, -0.2) is 0 Å². The van der Waals surface area contributed by atoms with E-state index in [-0.39, 0.29) is 0 Å². The van der Waals surface area contributed by atoms with Crippen LogP contribution < -0.4 is 5.32 Å². The smallest absolute Gasteiger partial charge is 0.0800 e. The second kappa shape index (κ2) is 5.31. The molecule has 1 aromatic carbocycles. The van der Waals surface area contributed by atoms with Crippen LogP contribution in [0.4, 0.5) is 0 Å². The number of rotatable bonds is 4. The molecule has 0 aliphatic heterocycles. The van der Waals surface area contributed by atoms with E-state index in [1.165, 1.54) is 5.56 Å². The summed E-state index contributed by atoms with van der Waals surface area (Å²) in [5.74, 6) is 0. The highest BCUT2D eigenvalue weighted by atomic mass is 32.1. The largest absolute Gasteiger partial charge is 0.320 e. The van der Waals surface area contributed by atoms with E-state index in [0.717, 1.165) is 41.0 Å². The van der Waals surface area contributed by atoms with E-state index in [2.05, 4.69) is 11.4 Å². The van der Waals surface area contributed by atoms with Crippen molar-refractivity contribution in [3.63, 3.8) is 0 Å². The summed E-state index contributed by atoms with van der Waals surface area (Å²) < 4.78 is 0. The van der Waals surface area contributed by atoms with Crippen molar-refractivity contribution in [1.29, 1.82) is 10.8 Å². The summed E-state index contributed by atoms with van der Waals surface area (Å²) in [6, 6.07) is 8.02. The predicted molar refractivity (Wildman–Crippen MR) is 84.9 cm³/mol. The Hall–Kier alpha value is -1.78. The Morgan fingerprint density at radius 3 is 2.75 bits per heavy atom. The molecular weight excluding hydrogens is 266 g/mol. The third-order valence-electron chi connectivity index (χ3n) is 3.70. The van der Waals surface area contributed by atoms with Gasteiger partial charge < -0.3 is 5.32 Å². The van der Waals surface area contributed by atoms with Crippen LogP contribution in [0.5, 0.6) is 0 Å². The second-order valence-corrected chi connectivity index (χ2v) is 5.88. The molecule has 0 atom stereocenters. The molecule has 0 radical (unpaired) electrons. The molecule has 2 aromatic rings. The van der Waals surface area contributed by atoms with Crippen molar-refractivity contribution in [2.75, 3.05) is 13.6 Å². The Morgan fingerprint density at radius 1 is 1.10 bits per heavy atom. The maximum atomic E-state index is 8.48. The van der Waals surface area contributed by atoms with Gasteiger partial charge in [0, 0.05) is 16.7 Å². The fraction of sp³-hybridized carbons (Fsp3) is 0.250. The number of nitrogens with one attached hydrogen (secondary N) is 3. The Labute approximate surface area is 122 Å². The number of benzene rings is 1. The first kappa shape index (κ1) is 13.2. The van der Waals surface area contributed by atoms with Crippen molar-refractivity contribution in [1.82, 2.24) is 5.32 Å². The van der Waals surface area contributed by atoms with Gasteiger partial charge in [0.05, 0.1) is 16.3 Å². The molecule has 0 unspecified atom stereocenters. The summed E-state index contributed by atoms with van der Waals surface area (Å²) in [6.45, 7) is 0.971. The quantitative estimate of drug-likeness (QED) is 0.633. The van der Waals surface area contributed by atoms with Crippen molar-refractivity contribution < 1.29 is 0 Å². The Balaban J connectivity index is 2.06. The summed E-state index contributed by atoms with van der Waals surface area (Å²) in [5, 5.41) is 22.0. The van der Waals surface area contributed by atoms with Gasteiger partial charge in [0.25, 0.3) is 0 Å². The highest BCUT2D eigenvalue weighted by Crippen LogP contribution is 2.32. The van der Waals surface area contributed by atoms with Gasteiger partial charge in [-0.05, 0) is 43.4 Å². The van der Waals surface area contributed by atoms with Gasteiger partial charge in [-0.1, -0.05) is 18.2 Å². The van der Waals surface area contributed by atoms with Gasteiger partial charge in [0.1, 0.15) is 0 Å². The van der Waals surface area contributed by atoms with E-state index < -0.39 is 0 Å². The van der Waals surface area contributed by atoms with Crippen LogP contribution >= 0.6 is 11.3 Å². The van der Waals surface area contributed by atoms with Crippen LogP contribution in [0.2, 0.25) is 0 Å². The minimum atomic E-state index is 0.558. The molecule has 1 aliphatic rings. The highest BCUT2D eigenvalue weighted by Gasteiger charge is 2.27. The zero-order chi connectivity index (χ0) is 14.1. The molecule has 3 N–H and O–H groups in total. The fourth-order valence-electron chi connectivity index (χ4n) is 2.73. The first-order valence-corrected chi connectivity index (χ1v) is 7.64. The van der Waals surface area contributed by atoms with Gasteiger partial charge in [0.2, 0.25) is 0 Å². The number of thiophene rings is 1. The summed E-state index contributed by atoms with van der Waals surface area (Å²) in [6.07, 6.45) is 1.99. The lowest BCUT2D eigenvalue weighted by Crippen LogP contribution is -2.21. The zero-order valence-electron chi connectivity index (χ0n) is 11.4. The Bertz CT molecular complexity index is 685. The number of hydrogen-bond acceptors (Lipinski definition) is 4. The Kier molecular flexibility index (Phi) is 3.51. The molecule has 0 saturated heterocycles. The van der Waals surface area contributed by atoms with Crippen LogP contribution in [0.3, 0.4) is 0 Å². The summed E-state index contributed by atoms with van der Waals surface area (Å²) in [5.41, 5.74) is 5.10. The van der Waals surface area contributed by atoms with Crippen LogP contribution in [-0.4, -0.2) is 25.0 Å². The zero-order valence-corrected chi connectivity index (χ0v) is 12.2. The van der Waals surface area contributed by atoms with Gasteiger partial charge in [-0.2, -0.15) is 0 Å². The third-order valence-corrected chi connectivity index (χ3v) is 4.64. The topological polar surface area (TPSA) is 59.7 Å². The first-order chi connectivity index (χ1) is 9.74. The third kappa shape index (κ3) is 2.01. The van der Waals surface area contributed by atoms with Crippen LogP contribution in [0.25, 0.3) is 0 Å². The Morgan fingerprint density at radius 2 is 1.95 bits per heavy atom. The van der Waals surface area contributed by atoms with Gasteiger partial charge in [-0.3, -0.25) is 10.8 Å². The number of fused-ring (bicyclic) bond motifs is 2. The first-order valence-electron chi connectivity index (χ1n) is 6.76. The lowest BCUT2D eigenvalue weighted by Gasteiger charge is -2.21. The lowest BCUT2D eigenvalue weighted by molar-refractivity contribution is 0.724. The van der Waals surface area contributed by atoms with E-state index in [4.69, 9.17) is 10.8 Å². The van der Waals surface area contributed by atoms with Crippen molar-refractivity contribution in [2.24, 2.45) is 0 Å². The molecule has 4 heteroatoms. The molecule has 0 bridgehead atoms. The van der Waals surface area contributed by atoms with E-state index in [1.54, 1.807) is 11.3 Å². The lowest BCUT2D eigenvalue weighted by atomic mass is 9.84. The maximum Gasteiger partial charge on any atom is 0.0800 e. The minimum absolute atomic E-state index is 0.558. The molecule has 20 heavy (non-hydrogen) atoms. The summed E-state index contributed by atoms with van der Waals surface area (Å²) in [7, 11) is 1.95. The molecule has 0 fully saturated rings. The fourth-order valence-corrected chi connectivity index (χ4v) is 3.58. The molecular formula is C16H17N3S. The molecule has 3 rings (SSSR count). The van der Waals surface area contributed by atoms with Crippen LogP contribution in [0.1, 0.15) is 33.6 Å². The normalized spacial score (nSPS) is 13.2. The average Bonchev–Trinajstić information content (AvgIpc) is 2.95. The molecule has 0 saturated carbocycles. The predicted octanol–water partition coefficient (Wildman–Crippen LogP) is 3.05. The van der Waals surface area contributed by atoms with Gasteiger partial charge in [0.15, 0.2) is 0 Å². The molecule has 1 aliphatic carbocycles. The average molecular weight is 283 g/mol. The van der Waals surface area contributed by atoms with E-state index in [1.807, 2.05) is 30.6 Å². The molecule has 3 nitrogen and oxygen atoms in total. The van der Waals surface area contributed by atoms with Gasteiger partial charge >= 0.3 is 0 Å². The standard InChI is InChI=1S/C16H17N3S/c1-19-8-3-5-10-4-2-6-11-13(10)15(18)16-12(14(11)17)7-9-20-16/h2,4,6-7,9,17-19H,3,5,8H2,1H3. The summed E-state index contributed by atoms with van der Waals surface area (Å²) in [4.78, 5) is 0.934. The molecule has 1 heterocycles. The number of hydrogen-bond donors (Lipinski definition) is 3. The maximum absolute atomic E-state index is 8.48. The minimum Gasteiger partial charge on any atom is -0.320 e. The molecule has 102 valence electrons. The van der Waals surface area contributed by atoms with Gasteiger partial charge in [-0.15, -0.1) is 11.3 Å². The number of aryl methyl sites for hydroxylation is 1. The van der Waals surface area contributed by atoms with Crippen molar-refractivity contribution >= 4 is 22.8 Å². The molecule has 0 amide bonds. The van der Waals surface area contributed by atoms with E-state index in [9.17, 15) is 0 Å². The SMILES string of the molecule is CNCCCc1cccc2c1C(=N)c1sccc1C2=N. The van der Waals surface area contributed by atoms with E-state index >= 15 is 0 Å². The van der Waals surface area contributed by atoms with Crippen LogP contribution in [0.15, 0.2) is 29.6 Å². The van der Waals surface area contributed by atoms with E-state index in [0.29, 0.717) is 11.4 Å². The molecule has 1 aromatic heterocycles. The van der Waals surface area contributed by atoms with Crippen LogP contribution in [-0.2, 0) is 6.42 Å².